The van der Waals surface area contributed by atoms with Crippen LogP contribution in [0.3, 0.4) is 0 Å². The molecular formula is C20H26Cl2N2O2. The molecule has 2 aromatic carbocycles. The van der Waals surface area contributed by atoms with Crippen LogP contribution < -0.4 is 4.74 Å². The van der Waals surface area contributed by atoms with Crippen molar-refractivity contribution < 1.29 is 9.53 Å². The van der Waals surface area contributed by atoms with Crippen LogP contribution in [0.5, 0.6) is 5.75 Å². The van der Waals surface area contributed by atoms with E-state index in [4.69, 9.17) is 4.74 Å². The van der Waals surface area contributed by atoms with Gasteiger partial charge in [-0.05, 0) is 17.7 Å². The highest BCUT2D eigenvalue weighted by molar-refractivity contribution is 5.97. The first kappa shape index (κ1) is 22.5. The number of halogens is 2. The van der Waals surface area contributed by atoms with Crippen LogP contribution in [0.15, 0.2) is 54.6 Å². The van der Waals surface area contributed by atoms with Crippen LogP contribution in [0.2, 0.25) is 0 Å². The van der Waals surface area contributed by atoms with Crippen LogP contribution in [-0.2, 0) is 6.54 Å². The third-order valence-corrected chi connectivity index (χ3v) is 4.49. The van der Waals surface area contributed by atoms with Crippen molar-refractivity contribution in [1.82, 2.24) is 9.80 Å². The molecule has 3 rings (SSSR count). The predicted molar refractivity (Wildman–Crippen MR) is 110 cm³/mol. The molecule has 26 heavy (non-hydrogen) atoms. The molecule has 1 heterocycles. The summed E-state index contributed by atoms with van der Waals surface area (Å²) in [6, 6.07) is 17.8. The minimum Gasteiger partial charge on any atom is -0.497 e. The smallest absolute Gasteiger partial charge is 0.176 e. The maximum Gasteiger partial charge on any atom is 0.176 e. The highest BCUT2D eigenvalue weighted by atomic mass is 35.5. The second-order valence-corrected chi connectivity index (χ2v) is 6.19. The van der Waals surface area contributed by atoms with Crippen molar-refractivity contribution in [2.45, 2.75) is 6.54 Å². The summed E-state index contributed by atoms with van der Waals surface area (Å²) >= 11 is 0. The lowest BCUT2D eigenvalue weighted by molar-refractivity contribution is 0.0844. The summed E-state index contributed by atoms with van der Waals surface area (Å²) in [6.07, 6.45) is 0. The molecule has 0 saturated carbocycles. The molecule has 0 unspecified atom stereocenters. The molecule has 0 atom stereocenters. The summed E-state index contributed by atoms with van der Waals surface area (Å²) in [7, 11) is 1.69. The Bertz CT molecular complexity index is 657. The third kappa shape index (κ3) is 6.29. The highest BCUT2D eigenvalue weighted by Crippen LogP contribution is 2.14. The van der Waals surface area contributed by atoms with Crippen molar-refractivity contribution in [2.24, 2.45) is 0 Å². The van der Waals surface area contributed by atoms with Gasteiger partial charge < -0.3 is 4.74 Å². The Morgan fingerprint density at radius 3 is 2.04 bits per heavy atom. The number of piperazine rings is 1. The zero-order chi connectivity index (χ0) is 16.8. The molecule has 6 heteroatoms. The number of nitrogens with zero attached hydrogens (tertiary/aromatic N) is 2. The van der Waals surface area contributed by atoms with Crippen LogP contribution in [0.4, 0.5) is 0 Å². The Labute approximate surface area is 168 Å². The van der Waals surface area contributed by atoms with E-state index in [0.29, 0.717) is 6.54 Å². The number of hydrogen-bond donors (Lipinski definition) is 0. The van der Waals surface area contributed by atoms with Crippen LogP contribution >= 0.6 is 24.8 Å². The normalized spacial score (nSPS) is 14.8. The number of Topliss-reactive ketones (excluding diaryl/α,β-unsaturated/α-hetero) is 1. The molecule has 1 aliphatic rings. The van der Waals surface area contributed by atoms with Gasteiger partial charge in [-0.25, -0.2) is 0 Å². The van der Waals surface area contributed by atoms with Crippen LogP contribution in [0.1, 0.15) is 15.9 Å². The van der Waals surface area contributed by atoms with E-state index in [1.165, 1.54) is 5.56 Å². The topological polar surface area (TPSA) is 32.8 Å². The summed E-state index contributed by atoms with van der Waals surface area (Å²) in [5.74, 6) is 1.10. The van der Waals surface area contributed by atoms with Gasteiger partial charge in [-0.2, -0.15) is 0 Å². The van der Waals surface area contributed by atoms with E-state index in [9.17, 15) is 4.79 Å². The monoisotopic (exact) mass is 396 g/mol. The van der Waals surface area contributed by atoms with Crippen LogP contribution in [0, 0.1) is 0 Å². The SMILES string of the molecule is COc1ccc(CN2CCN(CC(=O)c3ccccc3)CC2)cc1.Cl.Cl. The third-order valence-electron chi connectivity index (χ3n) is 4.49. The summed E-state index contributed by atoms with van der Waals surface area (Å²) in [5.41, 5.74) is 2.10. The van der Waals surface area contributed by atoms with Crippen molar-refractivity contribution in [2.75, 3.05) is 39.8 Å². The minimum atomic E-state index is 0. The quantitative estimate of drug-likeness (QED) is 0.699. The summed E-state index contributed by atoms with van der Waals surface area (Å²) in [5, 5.41) is 0. The molecule has 0 bridgehead atoms. The summed E-state index contributed by atoms with van der Waals surface area (Å²) < 4.78 is 5.19. The molecule has 0 spiro atoms. The Morgan fingerprint density at radius 2 is 1.46 bits per heavy atom. The van der Waals surface area contributed by atoms with Gasteiger partial charge in [0.05, 0.1) is 13.7 Å². The number of ketones is 1. The number of rotatable bonds is 6. The Hall–Kier alpha value is -1.59. The number of methoxy groups -OCH3 is 1. The molecule has 1 fully saturated rings. The second kappa shape index (κ2) is 11.2. The van der Waals surface area contributed by atoms with E-state index in [-0.39, 0.29) is 30.6 Å². The average Bonchev–Trinajstić information content (AvgIpc) is 2.65. The van der Waals surface area contributed by atoms with Gasteiger partial charge in [0.1, 0.15) is 5.75 Å². The number of ether oxygens (including phenoxy) is 1. The molecular weight excluding hydrogens is 371 g/mol. The molecule has 0 aromatic heterocycles. The lowest BCUT2D eigenvalue weighted by atomic mass is 10.1. The molecule has 0 N–H and O–H groups in total. The van der Waals surface area contributed by atoms with Crippen LogP contribution in [0.25, 0.3) is 0 Å². The van der Waals surface area contributed by atoms with E-state index in [2.05, 4.69) is 21.9 Å². The lowest BCUT2D eigenvalue weighted by Crippen LogP contribution is -2.47. The molecule has 1 aliphatic heterocycles. The molecule has 4 nitrogen and oxygen atoms in total. The second-order valence-electron chi connectivity index (χ2n) is 6.19. The number of carbonyl (C=O) groups excluding carboxylic acids is 1. The molecule has 2 aromatic rings. The Balaban J connectivity index is 0.00000169. The Morgan fingerprint density at radius 1 is 0.885 bits per heavy atom. The van der Waals surface area contributed by atoms with E-state index < -0.39 is 0 Å². The van der Waals surface area contributed by atoms with E-state index in [0.717, 1.165) is 44.0 Å². The number of hydrogen-bond acceptors (Lipinski definition) is 4. The van der Waals surface area contributed by atoms with Crippen molar-refractivity contribution in [3.63, 3.8) is 0 Å². The van der Waals surface area contributed by atoms with Gasteiger partial charge in [-0.1, -0.05) is 42.5 Å². The van der Waals surface area contributed by atoms with E-state index >= 15 is 0 Å². The van der Waals surface area contributed by atoms with Gasteiger partial charge in [0.15, 0.2) is 5.78 Å². The zero-order valence-corrected chi connectivity index (χ0v) is 16.6. The van der Waals surface area contributed by atoms with Gasteiger partial charge in [0.2, 0.25) is 0 Å². The van der Waals surface area contributed by atoms with Crippen molar-refractivity contribution in [1.29, 1.82) is 0 Å². The summed E-state index contributed by atoms with van der Waals surface area (Å²) in [4.78, 5) is 17.0. The largest absolute Gasteiger partial charge is 0.497 e. The van der Waals surface area contributed by atoms with Gasteiger partial charge in [-0.3, -0.25) is 14.6 Å². The molecule has 0 amide bonds. The first-order valence-electron chi connectivity index (χ1n) is 8.40. The molecule has 0 radical (unpaired) electrons. The lowest BCUT2D eigenvalue weighted by Gasteiger charge is -2.34. The standard InChI is InChI=1S/C20H24N2O2.2ClH/c1-24-19-9-7-17(8-10-19)15-21-11-13-22(14-12-21)16-20(23)18-5-3-2-4-6-18;;/h2-10H,11-16H2,1H3;2*1H. The molecule has 1 saturated heterocycles. The Kier molecular flexibility index (Phi) is 9.66. The maximum atomic E-state index is 12.3. The maximum absolute atomic E-state index is 12.3. The first-order chi connectivity index (χ1) is 11.7. The minimum absolute atomic E-state index is 0. The van der Waals surface area contributed by atoms with Gasteiger partial charge in [0.25, 0.3) is 0 Å². The van der Waals surface area contributed by atoms with Crippen molar-refractivity contribution in [3.05, 3.63) is 65.7 Å². The predicted octanol–water partition coefficient (Wildman–Crippen LogP) is 3.54. The van der Waals surface area contributed by atoms with Gasteiger partial charge in [0, 0.05) is 38.3 Å². The summed E-state index contributed by atoms with van der Waals surface area (Å²) in [6.45, 7) is 5.33. The number of carbonyl (C=O) groups is 1. The van der Waals surface area contributed by atoms with E-state index in [1.54, 1.807) is 7.11 Å². The fourth-order valence-electron chi connectivity index (χ4n) is 3.01. The van der Waals surface area contributed by atoms with Crippen LogP contribution in [-0.4, -0.2) is 55.4 Å². The van der Waals surface area contributed by atoms with Gasteiger partial charge >= 0.3 is 0 Å². The fraction of sp³-hybridized carbons (Fsp3) is 0.350. The van der Waals surface area contributed by atoms with E-state index in [1.807, 2.05) is 42.5 Å². The van der Waals surface area contributed by atoms with Crippen molar-refractivity contribution >= 4 is 30.6 Å². The zero-order valence-electron chi connectivity index (χ0n) is 15.0. The molecule has 0 aliphatic carbocycles. The highest BCUT2D eigenvalue weighted by Gasteiger charge is 2.19. The average molecular weight is 397 g/mol. The number of benzene rings is 2. The first-order valence-corrected chi connectivity index (χ1v) is 8.40. The molecule has 142 valence electrons. The van der Waals surface area contributed by atoms with Gasteiger partial charge in [-0.15, -0.1) is 24.8 Å². The van der Waals surface area contributed by atoms with Crippen molar-refractivity contribution in [3.8, 4) is 5.75 Å². The fourth-order valence-corrected chi connectivity index (χ4v) is 3.01.